The van der Waals surface area contributed by atoms with Crippen molar-refractivity contribution in [3.8, 4) is 5.75 Å². The molecule has 2 aromatic carbocycles. The Kier molecular flexibility index (Phi) is 8.62. The highest BCUT2D eigenvalue weighted by Crippen LogP contribution is 2.16. The first kappa shape index (κ1) is 20.4. The third-order valence-electron chi connectivity index (χ3n) is 4.63. The molecule has 2 rings (SSSR count). The van der Waals surface area contributed by atoms with Crippen LogP contribution in [0.4, 0.5) is 0 Å². The molecule has 0 heterocycles. The fourth-order valence-electron chi connectivity index (χ4n) is 2.83. The molecule has 0 aromatic heterocycles. The molecular weight excluding hydrogens is 326 g/mol. The van der Waals surface area contributed by atoms with E-state index in [1.807, 2.05) is 42.5 Å². The van der Waals surface area contributed by atoms with E-state index in [4.69, 9.17) is 9.47 Å². The van der Waals surface area contributed by atoms with Crippen LogP contribution in [0.3, 0.4) is 0 Å². The molecule has 0 amide bonds. The smallest absolute Gasteiger partial charge is 0.118 e. The average molecular weight is 357 g/mol. The monoisotopic (exact) mass is 357 g/mol. The molecule has 0 spiro atoms. The Morgan fingerprint density at radius 1 is 1.00 bits per heavy atom. The van der Waals surface area contributed by atoms with Crippen molar-refractivity contribution in [2.24, 2.45) is 0 Å². The predicted molar refractivity (Wildman–Crippen MR) is 105 cm³/mol. The Labute approximate surface area is 157 Å². The van der Waals surface area contributed by atoms with Crippen LogP contribution in [0.15, 0.2) is 54.6 Å². The fraction of sp³-hybridized carbons (Fsp3) is 0.455. The Balaban J connectivity index is 1.85. The standard InChI is InChI=1S/C22H31NO3/c1-4-18(2)23(14-19-10-12-22(25-3)13-11-19)15-21(24)17-26-16-20-8-6-5-7-9-20/h5-13,18,21,24H,4,14-17H2,1-3H3/t18-,21-/m1/s1. The average Bonchev–Trinajstić information content (AvgIpc) is 2.68. The minimum absolute atomic E-state index is 0.338. The van der Waals surface area contributed by atoms with Gasteiger partial charge in [0.2, 0.25) is 0 Å². The van der Waals surface area contributed by atoms with Crippen LogP contribution in [0.5, 0.6) is 5.75 Å². The molecule has 0 fully saturated rings. The number of aliphatic hydroxyl groups excluding tert-OH is 1. The zero-order chi connectivity index (χ0) is 18.8. The van der Waals surface area contributed by atoms with Crippen LogP contribution in [0.2, 0.25) is 0 Å². The lowest BCUT2D eigenvalue weighted by molar-refractivity contribution is 0.00145. The Morgan fingerprint density at radius 3 is 2.31 bits per heavy atom. The number of rotatable bonds is 11. The normalized spacial score (nSPS) is 13.6. The van der Waals surface area contributed by atoms with Crippen molar-refractivity contribution >= 4 is 0 Å². The van der Waals surface area contributed by atoms with E-state index in [1.165, 1.54) is 5.56 Å². The number of aliphatic hydroxyl groups is 1. The number of hydrogen-bond donors (Lipinski definition) is 1. The third-order valence-corrected chi connectivity index (χ3v) is 4.63. The molecule has 0 radical (unpaired) electrons. The molecule has 0 aliphatic heterocycles. The van der Waals surface area contributed by atoms with Gasteiger partial charge in [0, 0.05) is 19.1 Å². The second kappa shape index (κ2) is 11.0. The van der Waals surface area contributed by atoms with Gasteiger partial charge in [-0.2, -0.15) is 0 Å². The van der Waals surface area contributed by atoms with Crippen LogP contribution in [0.25, 0.3) is 0 Å². The lowest BCUT2D eigenvalue weighted by atomic mass is 10.1. The maximum Gasteiger partial charge on any atom is 0.118 e. The van der Waals surface area contributed by atoms with Gasteiger partial charge in [-0.3, -0.25) is 4.90 Å². The molecule has 142 valence electrons. The molecule has 0 bridgehead atoms. The van der Waals surface area contributed by atoms with Gasteiger partial charge in [-0.05, 0) is 36.6 Å². The van der Waals surface area contributed by atoms with Crippen molar-refractivity contribution in [3.63, 3.8) is 0 Å². The van der Waals surface area contributed by atoms with Crippen molar-refractivity contribution in [1.29, 1.82) is 0 Å². The van der Waals surface area contributed by atoms with E-state index in [9.17, 15) is 5.11 Å². The maximum atomic E-state index is 10.4. The number of methoxy groups -OCH3 is 1. The molecule has 0 saturated heterocycles. The Morgan fingerprint density at radius 2 is 1.69 bits per heavy atom. The summed E-state index contributed by atoms with van der Waals surface area (Å²) in [6.45, 7) is 6.62. The zero-order valence-corrected chi connectivity index (χ0v) is 16.1. The van der Waals surface area contributed by atoms with Crippen LogP contribution in [-0.4, -0.2) is 42.4 Å². The summed E-state index contributed by atoms with van der Waals surface area (Å²) in [5.41, 5.74) is 2.33. The number of hydrogen-bond acceptors (Lipinski definition) is 4. The number of ether oxygens (including phenoxy) is 2. The lowest BCUT2D eigenvalue weighted by Gasteiger charge is -2.30. The number of nitrogens with zero attached hydrogens (tertiary/aromatic N) is 1. The molecule has 4 nitrogen and oxygen atoms in total. The van der Waals surface area contributed by atoms with Gasteiger partial charge in [0.1, 0.15) is 5.75 Å². The zero-order valence-electron chi connectivity index (χ0n) is 16.1. The Bertz CT molecular complexity index is 615. The topological polar surface area (TPSA) is 41.9 Å². The van der Waals surface area contributed by atoms with Crippen LogP contribution in [0, 0.1) is 0 Å². The van der Waals surface area contributed by atoms with E-state index in [1.54, 1.807) is 7.11 Å². The van der Waals surface area contributed by atoms with Gasteiger partial charge in [0.05, 0.1) is 26.4 Å². The summed E-state index contributed by atoms with van der Waals surface area (Å²) in [5.74, 6) is 0.859. The molecule has 4 heteroatoms. The second-order valence-electron chi connectivity index (χ2n) is 6.69. The summed E-state index contributed by atoms with van der Waals surface area (Å²) in [5, 5.41) is 10.4. The highest BCUT2D eigenvalue weighted by atomic mass is 16.5. The molecule has 2 aromatic rings. The molecule has 0 aliphatic carbocycles. The quantitative estimate of drug-likeness (QED) is 0.663. The third kappa shape index (κ3) is 6.79. The van der Waals surface area contributed by atoms with Crippen LogP contribution >= 0.6 is 0 Å². The van der Waals surface area contributed by atoms with E-state index in [0.29, 0.717) is 25.8 Å². The molecular formula is C22H31NO3. The first-order chi connectivity index (χ1) is 12.6. The summed E-state index contributed by atoms with van der Waals surface area (Å²) in [6.07, 6.45) is 0.527. The molecule has 0 saturated carbocycles. The van der Waals surface area contributed by atoms with Gasteiger partial charge in [0.25, 0.3) is 0 Å². The van der Waals surface area contributed by atoms with Gasteiger partial charge in [-0.15, -0.1) is 0 Å². The summed E-state index contributed by atoms with van der Waals surface area (Å²) >= 11 is 0. The van der Waals surface area contributed by atoms with Gasteiger partial charge in [-0.25, -0.2) is 0 Å². The van der Waals surface area contributed by atoms with Crippen molar-refractivity contribution in [2.75, 3.05) is 20.3 Å². The highest BCUT2D eigenvalue weighted by molar-refractivity contribution is 5.27. The van der Waals surface area contributed by atoms with E-state index in [0.717, 1.165) is 24.3 Å². The number of benzene rings is 2. The summed E-state index contributed by atoms with van der Waals surface area (Å²) < 4.78 is 10.9. The first-order valence-electron chi connectivity index (χ1n) is 9.29. The van der Waals surface area contributed by atoms with Crippen molar-refractivity contribution in [3.05, 3.63) is 65.7 Å². The van der Waals surface area contributed by atoms with Crippen LogP contribution < -0.4 is 4.74 Å². The molecule has 1 N–H and O–H groups in total. The molecule has 0 unspecified atom stereocenters. The van der Waals surface area contributed by atoms with Gasteiger partial charge >= 0.3 is 0 Å². The highest BCUT2D eigenvalue weighted by Gasteiger charge is 2.17. The summed E-state index contributed by atoms with van der Waals surface area (Å²) in [7, 11) is 1.67. The van der Waals surface area contributed by atoms with Gasteiger partial charge < -0.3 is 14.6 Å². The maximum absolute atomic E-state index is 10.4. The van der Waals surface area contributed by atoms with Gasteiger partial charge in [0.15, 0.2) is 0 Å². The second-order valence-corrected chi connectivity index (χ2v) is 6.69. The minimum atomic E-state index is -0.508. The molecule has 2 atom stereocenters. The fourth-order valence-corrected chi connectivity index (χ4v) is 2.83. The summed E-state index contributed by atoms with van der Waals surface area (Å²) in [6, 6.07) is 18.5. The SMILES string of the molecule is CC[C@@H](C)N(Cc1ccc(OC)cc1)C[C@@H](O)COCc1ccccc1. The van der Waals surface area contributed by atoms with E-state index >= 15 is 0 Å². The van der Waals surface area contributed by atoms with Crippen LogP contribution in [-0.2, 0) is 17.9 Å². The largest absolute Gasteiger partial charge is 0.497 e. The van der Waals surface area contributed by atoms with Crippen LogP contribution in [0.1, 0.15) is 31.4 Å². The van der Waals surface area contributed by atoms with E-state index in [2.05, 4.69) is 30.9 Å². The Hall–Kier alpha value is -1.88. The van der Waals surface area contributed by atoms with Crippen molar-refractivity contribution < 1.29 is 14.6 Å². The summed E-state index contributed by atoms with van der Waals surface area (Å²) in [4.78, 5) is 2.30. The van der Waals surface area contributed by atoms with Crippen molar-refractivity contribution in [1.82, 2.24) is 4.90 Å². The minimum Gasteiger partial charge on any atom is -0.497 e. The molecule has 0 aliphatic rings. The van der Waals surface area contributed by atoms with E-state index in [-0.39, 0.29) is 0 Å². The predicted octanol–water partition coefficient (Wildman–Crippen LogP) is 3.87. The van der Waals surface area contributed by atoms with Crippen molar-refractivity contribution in [2.45, 2.75) is 45.6 Å². The van der Waals surface area contributed by atoms with Gasteiger partial charge in [-0.1, -0.05) is 49.4 Å². The van der Waals surface area contributed by atoms with E-state index < -0.39 is 6.10 Å². The first-order valence-corrected chi connectivity index (χ1v) is 9.29. The molecule has 26 heavy (non-hydrogen) atoms. The lowest BCUT2D eigenvalue weighted by Crippen LogP contribution is -2.39.